The molecule has 0 bridgehead atoms. The maximum atomic E-state index is 14.1. The van der Waals surface area contributed by atoms with Crippen LogP contribution in [0, 0.1) is 5.82 Å². The Balaban J connectivity index is 2.00. The highest BCUT2D eigenvalue weighted by molar-refractivity contribution is 7.10. The van der Waals surface area contributed by atoms with Crippen LogP contribution in [0.1, 0.15) is 29.0 Å². The van der Waals surface area contributed by atoms with Gasteiger partial charge in [-0.05, 0) is 36.4 Å². The Hall–Kier alpha value is -1.39. The molecular weight excluding hydrogens is 261 g/mol. The van der Waals surface area contributed by atoms with Crippen molar-refractivity contribution in [2.45, 2.75) is 26.0 Å². The lowest BCUT2D eigenvalue weighted by molar-refractivity contribution is 0.199. The molecule has 0 fully saturated rings. The van der Waals surface area contributed by atoms with Crippen molar-refractivity contribution in [3.05, 3.63) is 51.5 Å². The summed E-state index contributed by atoms with van der Waals surface area (Å²) in [6.07, 6.45) is 0.287. The first kappa shape index (κ1) is 12.6. The molecule has 2 aromatic rings. The highest BCUT2D eigenvalue weighted by Crippen LogP contribution is 2.34. The van der Waals surface area contributed by atoms with Crippen LogP contribution in [0.15, 0.2) is 29.6 Å². The molecule has 0 amide bonds. The molecule has 0 aliphatic carbocycles. The van der Waals surface area contributed by atoms with E-state index in [1.807, 2.05) is 4.90 Å². The zero-order valence-corrected chi connectivity index (χ0v) is 11.6. The minimum atomic E-state index is -0.658. The first-order valence-corrected chi connectivity index (χ1v) is 7.31. The molecule has 2 nitrogen and oxygen atoms in total. The SMILES string of the molecule is CC(O)c1cccc(F)c1N1CCc2sccc2C1. The third kappa shape index (κ3) is 2.26. The second-order valence-electron chi connectivity index (χ2n) is 4.89. The Bertz CT molecular complexity index is 594. The van der Waals surface area contributed by atoms with Gasteiger partial charge >= 0.3 is 0 Å². The van der Waals surface area contributed by atoms with Crippen molar-refractivity contribution < 1.29 is 9.50 Å². The number of hydrogen-bond acceptors (Lipinski definition) is 3. The molecule has 3 rings (SSSR count). The van der Waals surface area contributed by atoms with Crippen LogP contribution in [0.5, 0.6) is 0 Å². The average Bonchev–Trinajstić information content (AvgIpc) is 2.85. The van der Waals surface area contributed by atoms with Gasteiger partial charge in [0, 0.05) is 23.5 Å². The van der Waals surface area contributed by atoms with Crippen molar-refractivity contribution in [3.63, 3.8) is 0 Å². The number of aliphatic hydroxyl groups is 1. The molecule has 100 valence electrons. The molecule has 0 saturated heterocycles. The van der Waals surface area contributed by atoms with Crippen LogP contribution in [0.2, 0.25) is 0 Å². The summed E-state index contributed by atoms with van der Waals surface area (Å²) in [5.41, 5.74) is 2.49. The topological polar surface area (TPSA) is 23.5 Å². The van der Waals surface area contributed by atoms with E-state index in [1.165, 1.54) is 16.5 Å². The Kier molecular flexibility index (Phi) is 3.29. The number of thiophene rings is 1. The summed E-state index contributed by atoms with van der Waals surface area (Å²) >= 11 is 1.77. The predicted octanol–water partition coefficient (Wildman–Crippen LogP) is 3.50. The Morgan fingerprint density at radius 1 is 1.37 bits per heavy atom. The molecule has 1 unspecified atom stereocenters. The van der Waals surface area contributed by atoms with E-state index in [0.29, 0.717) is 11.3 Å². The highest BCUT2D eigenvalue weighted by atomic mass is 32.1. The van der Waals surface area contributed by atoms with E-state index >= 15 is 0 Å². The predicted molar refractivity (Wildman–Crippen MR) is 76.1 cm³/mol. The van der Waals surface area contributed by atoms with Crippen LogP contribution < -0.4 is 4.90 Å². The monoisotopic (exact) mass is 277 g/mol. The number of aliphatic hydroxyl groups excluding tert-OH is 1. The number of rotatable bonds is 2. The van der Waals surface area contributed by atoms with E-state index in [-0.39, 0.29) is 5.82 Å². The fourth-order valence-corrected chi connectivity index (χ4v) is 3.53. The second-order valence-corrected chi connectivity index (χ2v) is 5.89. The van der Waals surface area contributed by atoms with Gasteiger partial charge in [0.25, 0.3) is 0 Å². The van der Waals surface area contributed by atoms with Gasteiger partial charge in [-0.2, -0.15) is 0 Å². The Labute approximate surface area is 116 Å². The van der Waals surface area contributed by atoms with Crippen LogP contribution in [0.4, 0.5) is 10.1 Å². The Morgan fingerprint density at radius 3 is 3.00 bits per heavy atom. The van der Waals surface area contributed by atoms with Gasteiger partial charge in [0.05, 0.1) is 11.8 Å². The third-order valence-electron chi connectivity index (χ3n) is 3.59. The minimum absolute atomic E-state index is 0.253. The molecule has 1 aromatic carbocycles. The normalized spacial score (nSPS) is 16.3. The van der Waals surface area contributed by atoms with Crippen molar-refractivity contribution in [1.82, 2.24) is 0 Å². The van der Waals surface area contributed by atoms with Crippen LogP contribution in [-0.2, 0) is 13.0 Å². The van der Waals surface area contributed by atoms with E-state index in [1.54, 1.807) is 30.4 Å². The van der Waals surface area contributed by atoms with Crippen LogP contribution >= 0.6 is 11.3 Å². The highest BCUT2D eigenvalue weighted by Gasteiger charge is 2.23. The largest absolute Gasteiger partial charge is 0.389 e. The first-order chi connectivity index (χ1) is 9.16. The van der Waals surface area contributed by atoms with Crippen molar-refractivity contribution >= 4 is 17.0 Å². The molecule has 1 aliphatic rings. The maximum absolute atomic E-state index is 14.1. The molecule has 2 heterocycles. The number of halogens is 1. The van der Waals surface area contributed by atoms with Gasteiger partial charge in [0.15, 0.2) is 0 Å². The van der Waals surface area contributed by atoms with Gasteiger partial charge in [0.1, 0.15) is 5.82 Å². The van der Waals surface area contributed by atoms with Crippen LogP contribution in [0.25, 0.3) is 0 Å². The van der Waals surface area contributed by atoms with Gasteiger partial charge in [0.2, 0.25) is 0 Å². The summed E-state index contributed by atoms with van der Waals surface area (Å²) in [4.78, 5) is 3.43. The smallest absolute Gasteiger partial charge is 0.146 e. The summed E-state index contributed by atoms with van der Waals surface area (Å²) in [7, 11) is 0. The molecule has 0 spiro atoms. The summed E-state index contributed by atoms with van der Waals surface area (Å²) in [6.45, 7) is 3.20. The average molecular weight is 277 g/mol. The molecule has 0 radical (unpaired) electrons. The second kappa shape index (κ2) is 4.94. The van der Waals surface area contributed by atoms with Crippen LogP contribution in [-0.4, -0.2) is 11.7 Å². The molecule has 19 heavy (non-hydrogen) atoms. The van der Waals surface area contributed by atoms with Gasteiger partial charge in [-0.25, -0.2) is 4.39 Å². The number of para-hydroxylation sites is 1. The lowest BCUT2D eigenvalue weighted by Crippen LogP contribution is -2.31. The Morgan fingerprint density at radius 2 is 2.21 bits per heavy atom. The van der Waals surface area contributed by atoms with Crippen molar-refractivity contribution in [2.75, 3.05) is 11.4 Å². The fraction of sp³-hybridized carbons (Fsp3) is 0.333. The fourth-order valence-electron chi connectivity index (χ4n) is 2.64. The van der Waals surface area contributed by atoms with E-state index in [9.17, 15) is 9.50 Å². The van der Waals surface area contributed by atoms with Crippen molar-refractivity contribution in [2.24, 2.45) is 0 Å². The van der Waals surface area contributed by atoms with Crippen molar-refractivity contribution in [1.29, 1.82) is 0 Å². The molecule has 0 saturated carbocycles. The summed E-state index contributed by atoms with van der Waals surface area (Å²) in [5, 5.41) is 11.9. The van der Waals surface area contributed by atoms with E-state index in [4.69, 9.17) is 0 Å². The molecule has 1 atom stereocenters. The zero-order valence-electron chi connectivity index (χ0n) is 10.8. The van der Waals surface area contributed by atoms with Crippen LogP contribution in [0.3, 0.4) is 0 Å². The quantitative estimate of drug-likeness (QED) is 0.908. The lowest BCUT2D eigenvalue weighted by atomic mass is 10.0. The van der Waals surface area contributed by atoms with E-state index in [2.05, 4.69) is 11.4 Å². The molecule has 1 aliphatic heterocycles. The maximum Gasteiger partial charge on any atom is 0.146 e. The third-order valence-corrected chi connectivity index (χ3v) is 4.61. The summed E-state index contributed by atoms with van der Waals surface area (Å²) < 4.78 is 14.1. The van der Waals surface area contributed by atoms with E-state index in [0.717, 1.165) is 19.5 Å². The number of hydrogen-bond donors (Lipinski definition) is 1. The molecule has 1 aromatic heterocycles. The standard InChI is InChI=1S/C15H16FNOS/c1-10(18)12-3-2-4-13(16)15(12)17-7-5-14-11(9-17)6-8-19-14/h2-4,6,8,10,18H,5,7,9H2,1H3. The number of nitrogens with zero attached hydrogens (tertiary/aromatic N) is 1. The molecule has 4 heteroatoms. The van der Waals surface area contributed by atoms with E-state index < -0.39 is 6.10 Å². The number of fused-ring (bicyclic) bond motifs is 1. The summed E-state index contributed by atoms with van der Waals surface area (Å²) in [6, 6.07) is 7.02. The molecular formula is C15H16FNOS. The number of anilines is 1. The zero-order chi connectivity index (χ0) is 13.4. The minimum Gasteiger partial charge on any atom is -0.389 e. The van der Waals surface area contributed by atoms with Gasteiger partial charge in [-0.3, -0.25) is 0 Å². The van der Waals surface area contributed by atoms with Gasteiger partial charge < -0.3 is 10.0 Å². The first-order valence-electron chi connectivity index (χ1n) is 6.43. The summed E-state index contributed by atoms with van der Waals surface area (Å²) in [5.74, 6) is -0.253. The molecule has 1 N–H and O–H groups in total. The van der Waals surface area contributed by atoms with Gasteiger partial charge in [-0.1, -0.05) is 12.1 Å². The van der Waals surface area contributed by atoms with Crippen molar-refractivity contribution in [3.8, 4) is 0 Å². The number of benzene rings is 1. The van der Waals surface area contributed by atoms with Gasteiger partial charge in [-0.15, -0.1) is 11.3 Å². The lowest BCUT2D eigenvalue weighted by Gasteiger charge is -2.31.